The number of rotatable bonds is 7. The molecule has 0 heterocycles. The lowest BCUT2D eigenvalue weighted by atomic mass is 10.1. The van der Waals surface area contributed by atoms with E-state index in [1.54, 1.807) is 6.92 Å². The van der Waals surface area contributed by atoms with Crippen LogP contribution in [0.4, 0.5) is 0 Å². The molecule has 0 aromatic rings. The van der Waals surface area contributed by atoms with Gasteiger partial charge in [-0.3, -0.25) is 0 Å². The normalized spacial score (nSPS) is 11.5. The van der Waals surface area contributed by atoms with Crippen molar-refractivity contribution in [1.82, 2.24) is 0 Å². The Morgan fingerprint density at radius 1 is 1.29 bits per heavy atom. The maximum Gasteiger partial charge on any atom is 0.344 e. The highest BCUT2D eigenvalue weighted by atomic mass is 79.9. The van der Waals surface area contributed by atoms with Gasteiger partial charge in [-0.2, -0.15) is 0 Å². The van der Waals surface area contributed by atoms with Gasteiger partial charge in [-0.05, 0) is 35.7 Å². The van der Waals surface area contributed by atoms with Crippen LogP contribution in [0.1, 0.15) is 46.0 Å². The lowest BCUT2D eigenvalue weighted by molar-refractivity contribution is -0.137. The number of halogens is 1. The largest absolute Gasteiger partial charge is 0.462 e. The maximum absolute atomic E-state index is 11.1. The number of hydrogen-bond donors (Lipinski definition) is 0. The second-order valence-corrected chi connectivity index (χ2v) is 3.98. The smallest absolute Gasteiger partial charge is 0.344 e. The number of esters is 1. The van der Waals surface area contributed by atoms with Crippen LogP contribution in [0.25, 0.3) is 0 Å². The average molecular weight is 263 g/mol. The fraction of sp³-hybridized carbons (Fsp3) is 0.727. The monoisotopic (exact) mass is 262 g/mol. The molecule has 0 fully saturated rings. The number of hydrogen-bond acceptors (Lipinski definition) is 2. The van der Waals surface area contributed by atoms with Gasteiger partial charge >= 0.3 is 5.97 Å². The molecule has 0 aliphatic rings. The van der Waals surface area contributed by atoms with E-state index >= 15 is 0 Å². The highest BCUT2D eigenvalue weighted by molar-refractivity contribution is 9.12. The van der Waals surface area contributed by atoms with E-state index in [4.69, 9.17) is 4.74 Å². The molecule has 2 nitrogen and oxygen atoms in total. The zero-order valence-electron chi connectivity index (χ0n) is 9.01. The molecule has 82 valence electrons. The van der Waals surface area contributed by atoms with E-state index in [2.05, 4.69) is 22.9 Å². The molecule has 0 unspecified atom stereocenters. The Hall–Kier alpha value is -0.310. The number of ether oxygens (including phenoxy) is 1. The van der Waals surface area contributed by atoms with E-state index in [0.29, 0.717) is 11.1 Å². The van der Waals surface area contributed by atoms with Gasteiger partial charge in [-0.15, -0.1) is 0 Å². The fourth-order valence-corrected chi connectivity index (χ4v) is 1.43. The van der Waals surface area contributed by atoms with Crippen molar-refractivity contribution >= 4 is 21.9 Å². The third-order valence-electron chi connectivity index (χ3n) is 1.85. The van der Waals surface area contributed by atoms with Crippen LogP contribution >= 0.6 is 15.9 Å². The van der Waals surface area contributed by atoms with E-state index in [9.17, 15) is 4.79 Å². The molecular weight excluding hydrogens is 244 g/mol. The maximum atomic E-state index is 11.1. The minimum Gasteiger partial charge on any atom is -0.462 e. The Balaban J connectivity index is 3.60. The van der Waals surface area contributed by atoms with E-state index < -0.39 is 0 Å². The van der Waals surface area contributed by atoms with Gasteiger partial charge in [-0.1, -0.05) is 32.3 Å². The van der Waals surface area contributed by atoms with Gasteiger partial charge < -0.3 is 4.74 Å². The summed E-state index contributed by atoms with van der Waals surface area (Å²) in [5, 5.41) is 0. The number of unbranched alkanes of at least 4 members (excludes halogenated alkanes) is 4. The molecule has 0 amide bonds. The van der Waals surface area contributed by atoms with Gasteiger partial charge in [0.25, 0.3) is 0 Å². The van der Waals surface area contributed by atoms with Crippen LogP contribution < -0.4 is 0 Å². The average Bonchev–Trinajstić information content (AvgIpc) is 2.17. The lowest BCUT2D eigenvalue weighted by Crippen LogP contribution is -2.03. The zero-order valence-corrected chi connectivity index (χ0v) is 10.6. The summed E-state index contributed by atoms with van der Waals surface area (Å²) in [4.78, 5) is 11.1. The molecule has 0 aromatic carbocycles. The van der Waals surface area contributed by atoms with Gasteiger partial charge in [0.05, 0.1) is 11.1 Å². The molecule has 14 heavy (non-hydrogen) atoms. The van der Waals surface area contributed by atoms with Crippen molar-refractivity contribution in [3.8, 4) is 0 Å². The van der Waals surface area contributed by atoms with Crippen molar-refractivity contribution in [3.63, 3.8) is 0 Å². The molecule has 0 saturated heterocycles. The van der Waals surface area contributed by atoms with Crippen LogP contribution in [-0.2, 0) is 9.53 Å². The van der Waals surface area contributed by atoms with Crippen molar-refractivity contribution < 1.29 is 9.53 Å². The Kier molecular flexibility index (Phi) is 9.05. The topological polar surface area (TPSA) is 26.3 Å². The molecule has 0 rings (SSSR count). The zero-order chi connectivity index (χ0) is 10.8. The van der Waals surface area contributed by atoms with E-state index in [1.165, 1.54) is 19.3 Å². The Morgan fingerprint density at radius 2 is 2.00 bits per heavy atom. The third-order valence-corrected chi connectivity index (χ3v) is 2.50. The summed E-state index contributed by atoms with van der Waals surface area (Å²) in [5.74, 6) is -0.261. The number of carbonyl (C=O) groups excluding carboxylic acids is 1. The predicted molar refractivity (Wildman–Crippen MR) is 62.4 cm³/mol. The van der Waals surface area contributed by atoms with Gasteiger partial charge in [0.15, 0.2) is 0 Å². The minimum atomic E-state index is -0.261. The molecule has 0 radical (unpaired) electrons. The van der Waals surface area contributed by atoms with Crippen molar-refractivity contribution in [2.45, 2.75) is 46.0 Å². The van der Waals surface area contributed by atoms with Crippen LogP contribution in [0.5, 0.6) is 0 Å². The Morgan fingerprint density at radius 3 is 2.57 bits per heavy atom. The highest BCUT2D eigenvalue weighted by Crippen LogP contribution is 2.11. The molecule has 0 aromatic heterocycles. The highest BCUT2D eigenvalue weighted by Gasteiger charge is 2.04. The first-order valence-electron chi connectivity index (χ1n) is 5.25. The first kappa shape index (κ1) is 13.7. The van der Waals surface area contributed by atoms with Crippen LogP contribution in [0.15, 0.2) is 10.6 Å². The van der Waals surface area contributed by atoms with Crippen molar-refractivity contribution in [2.24, 2.45) is 0 Å². The fourth-order valence-electron chi connectivity index (χ4n) is 1.08. The van der Waals surface area contributed by atoms with Crippen molar-refractivity contribution in [3.05, 3.63) is 10.6 Å². The molecule has 3 heteroatoms. The molecule has 0 saturated carbocycles. The molecule has 0 bridgehead atoms. The molecule has 0 aliphatic carbocycles. The van der Waals surface area contributed by atoms with Crippen LogP contribution in [0.3, 0.4) is 0 Å². The van der Waals surface area contributed by atoms with Crippen LogP contribution in [-0.4, -0.2) is 12.6 Å². The summed E-state index contributed by atoms with van der Waals surface area (Å²) in [5.41, 5.74) is 0. The Labute approximate surface area is 94.8 Å². The van der Waals surface area contributed by atoms with Crippen LogP contribution in [0.2, 0.25) is 0 Å². The third kappa shape index (κ3) is 7.13. The molecular formula is C11H19BrO2. The second kappa shape index (κ2) is 9.25. The van der Waals surface area contributed by atoms with Gasteiger partial charge in [0, 0.05) is 0 Å². The minimum absolute atomic E-state index is 0.261. The van der Waals surface area contributed by atoms with Crippen molar-refractivity contribution in [2.75, 3.05) is 6.61 Å². The Bertz CT molecular complexity index is 188. The first-order valence-corrected chi connectivity index (χ1v) is 6.04. The summed E-state index contributed by atoms with van der Waals surface area (Å²) >= 11 is 3.20. The van der Waals surface area contributed by atoms with E-state index in [-0.39, 0.29) is 5.97 Å². The summed E-state index contributed by atoms with van der Waals surface area (Å²) < 4.78 is 5.38. The second-order valence-electron chi connectivity index (χ2n) is 3.12. The van der Waals surface area contributed by atoms with E-state index in [0.717, 1.165) is 12.8 Å². The molecule has 0 N–H and O–H groups in total. The summed E-state index contributed by atoms with van der Waals surface area (Å²) in [6, 6.07) is 0. The molecule has 0 aliphatic heterocycles. The standard InChI is InChI=1S/C11H19BrO2/c1-3-5-6-7-8-9-10(12)11(13)14-4-2/h9H,3-8H2,1-2H3/b10-9-. The molecule has 0 atom stereocenters. The molecule has 0 spiro atoms. The summed E-state index contributed by atoms with van der Waals surface area (Å²) in [6.07, 6.45) is 7.72. The van der Waals surface area contributed by atoms with E-state index in [1.807, 2.05) is 6.08 Å². The van der Waals surface area contributed by atoms with Crippen LogP contribution in [0, 0.1) is 0 Å². The SMILES string of the molecule is CCCCCC/C=C(\Br)C(=O)OCC. The lowest BCUT2D eigenvalue weighted by Gasteiger charge is -2.00. The quantitative estimate of drug-likeness (QED) is 0.396. The van der Waals surface area contributed by atoms with Crippen molar-refractivity contribution in [1.29, 1.82) is 0 Å². The summed E-state index contributed by atoms with van der Waals surface area (Å²) in [6.45, 7) is 4.42. The summed E-state index contributed by atoms with van der Waals surface area (Å²) in [7, 11) is 0. The van der Waals surface area contributed by atoms with Gasteiger partial charge in [-0.25, -0.2) is 4.79 Å². The number of carbonyl (C=O) groups is 1. The first-order chi connectivity index (χ1) is 6.72. The number of allylic oxidation sites excluding steroid dienone is 1. The van der Waals surface area contributed by atoms with Gasteiger partial charge in [0.1, 0.15) is 0 Å². The van der Waals surface area contributed by atoms with Gasteiger partial charge in [0.2, 0.25) is 0 Å². The predicted octanol–water partition coefficient (Wildman–Crippen LogP) is 3.80.